The molecule has 2 atom stereocenters. The number of H-pyrrole nitrogens is 1. The smallest absolute Gasteiger partial charge is 0.315 e. The van der Waals surface area contributed by atoms with E-state index in [1.54, 1.807) is 0 Å². The average Bonchev–Trinajstić information content (AvgIpc) is 2.18. The largest absolute Gasteiger partial charge is 0.328 e. The van der Waals surface area contributed by atoms with Crippen molar-refractivity contribution < 1.29 is 4.57 Å². The lowest BCUT2D eigenvalue weighted by atomic mass is 10.3. The van der Waals surface area contributed by atoms with Crippen LogP contribution in [0.3, 0.4) is 0 Å². The van der Waals surface area contributed by atoms with E-state index in [9.17, 15) is 14.2 Å². The minimum atomic E-state index is -2.23. The monoisotopic (exact) mass is 292 g/mol. The summed E-state index contributed by atoms with van der Waals surface area (Å²) in [6.45, 7) is -0.00263. The van der Waals surface area contributed by atoms with Gasteiger partial charge in [0, 0.05) is 25.0 Å². The standard InChI is InChI=1S/C9H15N2O3P3/c1-7(3-5-17(14,15)16)6-11-4-2-8(12)10-9(11)13/h2-4H,5-6,15-16H2,1H3,(H,10,12,13)/b7-3+. The number of hydrogen-bond acceptors (Lipinski definition) is 3. The molecule has 8 heteroatoms. The van der Waals surface area contributed by atoms with Gasteiger partial charge in [0.05, 0.1) is 0 Å². The number of allylic oxidation sites excluding steroid dienone is 2. The molecule has 1 aromatic heterocycles. The van der Waals surface area contributed by atoms with E-state index in [2.05, 4.69) is 22.8 Å². The van der Waals surface area contributed by atoms with Gasteiger partial charge in [-0.1, -0.05) is 29.5 Å². The molecular weight excluding hydrogens is 277 g/mol. The molecule has 1 N–H and O–H groups in total. The van der Waals surface area contributed by atoms with Gasteiger partial charge in [0.2, 0.25) is 0 Å². The van der Waals surface area contributed by atoms with Crippen LogP contribution in [0, 0.1) is 0 Å². The Kier molecular flexibility index (Phi) is 5.06. The summed E-state index contributed by atoms with van der Waals surface area (Å²) in [7, 11) is 4.61. The van der Waals surface area contributed by atoms with E-state index >= 15 is 0 Å². The molecule has 0 aliphatic carbocycles. The van der Waals surface area contributed by atoms with Crippen molar-refractivity contribution in [1.29, 1.82) is 0 Å². The zero-order chi connectivity index (χ0) is 13.1. The van der Waals surface area contributed by atoms with Crippen molar-refractivity contribution in [3.63, 3.8) is 0 Å². The molecule has 0 aliphatic heterocycles. The van der Waals surface area contributed by atoms with Gasteiger partial charge in [-0.15, -0.1) is 0 Å². The molecule has 0 aromatic carbocycles. The van der Waals surface area contributed by atoms with Crippen LogP contribution in [0.25, 0.3) is 0 Å². The van der Waals surface area contributed by atoms with Crippen molar-refractivity contribution in [3.8, 4) is 0 Å². The van der Waals surface area contributed by atoms with Gasteiger partial charge in [-0.3, -0.25) is 14.3 Å². The van der Waals surface area contributed by atoms with Gasteiger partial charge < -0.3 is 4.57 Å². The normalized spacial score (nSPS) is 12.8. The molecule has 0 saturated heterocycles. The van der Waals surface area contributed by atoms with Crippen molar-refractivity contribution in [2.24, 2.45) is 0 Å². The summed E-state index contributed by atoms with van der Waals surface area (Å²) < 4.78 is 12.8. The van der Waals surface area contributed by atoms with E-state index in [-0.39, 0.29) is 0 Å². The van der Waals surface area contributed by atoms with Crippen LogP contribution in [0.2, 0.25) is 0 Å². The average molecular weight is 292 g/mol. The lowest BCUT2D eigenvalue weighted by Crippen LogP contribution is -2.28. The molecule has 1 rings (SSSR count). The van der Waals surface area contributed by atoms with Crippen LogP contribution >= 0.6 is 24.4 Å². The van der Waals surface area contributed by atoms with Crippen molar-refractivity contribution >= 4 is 24.4 Å². The molecule has 0 saturated carbocycles. The molecular formula is C9H15N2O3P3. The van der Waals surface area contributed by atoms with Crippen molar-refractivity contribution in [2.45, 2.75) is 13.5 Å². The lowest BCUT2D eigenvalue weighted by molar-refractivity contribution is 0.595. The Morgan fingerprint density at radius 1 is 1.53 bits per heavy atom. The third kappa shape index (κ3) is 5.59. The van der Waals surface area contributed by atoms with Crippen LogP contribution in [0.15, 0.2) is 33.5 Å². The summed E-state index contributed by atoms with van der Waals surface area (Å²) in [6.07, 6.45) is 3.73. The second-order valence-corrected chi connectivity index (χ2v) is 12.9. The molecule has 2 unspecified atom stereocenters. The second kappa shape index (κ2) is 5.91. The first-order chi connectivity index (χ1) is 7.78. The summed E-state index contributed by atoms with van der Waals surface area (Å²) in [4.78, 5) is 24.4. The minimum Gasteiger partial charge on any atom is -0.315 e. The summed E-state index contributed by atoms with van der Waals surface area (Å²) in [5.74, 6) is 0. The topological polar surface area (TPSA) is 71.9 Å². The number of nitrogens with one attached hydrogen (secondary N) is 1. The Morgan fingerprint density at radius 3 is 2.71 bits per heavy atom. The molecule has 17 heavy (non-hydrogen) atoms. The molecule has 0 aliphatic rings. The fourth-order valence-corrected chi connectivity index (χ4v) is 2.43. The molecule has 0 spiro atoms. The zero-order valence-electron chi connectivity index (χ0n) is 9.42. The Balaban J connectivity index is 2.81. The van der Waals surface area contributed by atoms with Gasteiger partial charge in [-0.05, 0) is 6.92 Å². The highest BCUT2D eigenvalue weighted by Crippen LogP contribution is 2.61. The zero-order valence-corrected chi connectivity index (χ0v) is 12.6. The van der Waals surface area contributed by atoms with Gasteiger partial charge in [0.25, 0.3) is 5.56 Å². The Hall–Kier alpha value is -0.490. The Labute approximate surface area is 103 Å². The summed E-state index contributed by atoms with van der Waals surface area (Å²) in [5.41, 5.74) is 0.0711. The van der Waals surface area contributed by atoms with Crippen LogP contribution in [-0.4, -0.2) is 15.7 Å². The van der Waals surface area contributed by atoms with E-state index in [4.69, 9.17) is 0 Å². The molecule has 0 fully saturated rings. The Morgan fingerprint density at radius 2 is 2.18 bits per heavy atom. The SMILES string of the molecule is C/C(=C\CP(=O)(P)P)Cn1ccc(=O)[nH]c1=O. The third-order valence-electron chi connectivity index (χ3n) is 2.04. The first-order valence-electron chi connectivity index (χ1n) is 4.89. The Bertz CT molecular complexity index is 582. The van der Waals surface area contributed by atoms with Gasteiger partial charge >= 0.3 is 5.69 Å². The maximum absolute atomic E-state index is 11.4. The van der Waals surface area contributed by atoms with Gasteiger partial charge in [0.15, 0.2) is 0 Å². The van der Waals surface area contributed by atoms with Gasteiger partial charge in [-0.2, -0.15) is 0 Å². The van der Waals surface area contributed by atoms with Crippen LogP contribution in [-0.2, 0) is 11.1 Å². The van der Waals surface area contributed by atoms with E-state index in [0.717, 1.165) is 5.57 Å². The van der Waals surface area contributed by atoms with Gasteiger partial charge in [0.1, 0.15) is 6.52 Å². The first-order valence-corrected chi connectivity index (χ1v) is 10.0. The van der Waals surface area contributed by atoms with E-state index in [1.807, 2.05) is 13.0 Å². The highest BCUT2D eigenvalue weighted by Gasteiger charge is 2.05. The minimum absolute atomic E-state index is 0.380. The lowest BCUT2D eigenvalue weighted by Gasteiger charge is -2.06. The van der Waals surface area contributed by atoms with Crippen LogP contribution in [0.4, 0.5) is 0 Å². The first kappa shape index (κ1) is 14.6. The maximum atomic E-state index is 11.4. The fraction of sp³-hybridized carbons (Fsp3) is 0.333. The number of rotatable bonds is 4. The van der Waals surface area contributed by atoms with Gasteiger partial charge in [-0.25, -0.2) is 4.79 Å². The molecule has 5 nitrogen and oxygen atoms in total. The quantitative estimate of drug-likeness (QED) is 0.674. The summed E-state index contributed by atoms with van der Waals surface area (Å²) in [5, 5.41) is 0. The van der Waals surface area contributed by atoms with Crippen LogP contribution in [0.5, 0.6) is 0 Å². The predicted molar refractivity (Wildman–Crippen MR) is 77.0 cm³/mol. The summed E-state index contributed by atoms with van der Waals surface area (Å²) in [6, 6.07) is 1.30. The molecule has 0 amide bonds. The van der Waals surface area contributed by atoms with Crippen LogP contribution < -0.4 is 11.2 Å². The molecule has 0 radical (unpaired) electrons. The molecule has 1 aromatic rings. The maximum Gasteiger partial charge on any atom is 0.328 e. The summed E-state index contributed by atoms with van der Waals surface area (Å²) >= 11 is 0. The van der Waals surface area contributed by atoms with Crippen molar-refractivity contribution in [3.05, 3.63) is 44.8 Å². The third-order valence-corrected chi connectivity index (χ3v) is 4.06. The fourth-order valence-electron chi connectivity index (χ4n) is 1.20. The highest BCUT2D eigenvalue weighted by atomic mass is 32.4. The number of nitrogens with zero attached hydrogens (tertiary/aromatic N) is 1. The number of aromatic nitrogens is 2. The molecule has 1 heterocycles. The van der Waals surface area contributed by atoms with Crippen molar-refractivity contribution in [1.82, 2.24) is 9.55 Å². The van der Waals surface area contributed by atoms with E-state index in [0.29, 0.717) is 12.7 Å². The molecule has 94 valence electrons. The number of hydrogen-bond donors (Lipinski definition) is 1. The highest BCUT2D eigenvalue weighted by molar-refractivity contribution is 8.46. The van der Waals surface area contributed by atoms with Crippen LogP contribution in [0.1, 0.15) is 6.92 Å². The van der Waals surface area contributed by atoms with E-state index in [1.165, 1.54) is 16.8 Å². The van der Waals surface area contributed by atoms with Crippen molar-refractivity contribution in [2.75, 3.05) is 6.16 Å². The molecule has 0 bridgehead atoms. The van der Waals surface area contributed by atoms with E-state index < -0.39 is 17.8 Å². The predicted octanol–water partition coefficient (Wildman–Crippen LogP) is 1.43. The second-order valence-electron chi connectivity index (χ2n) is 3.83. The number of aromatic amines is 1.